The molecule has 6 nitrogen and oxygen atoms in total. The van der Waals surface area contributed by atoms with Crippen molar-refractivity contribution in [3.05, 3.63) is 36.3 Å². The molecule has 0 aliphatic carbocycles. The Hall–Kier alpha value is -1.95. The first-order valence-electron chi connectivity index (χ1n) is 4.55. The second-order valence-electron chi connectivity index (χ2n) is 3.19. The smallest absolute Gasteiger partial charge is 0.150 e. The maximum absolute atomic E-state index is 5.30. The van der Waals surface area contributed by atoms with E-state index in [0.29, 0.717) is 18.2 Å². The average Bonchev–Trinajstić information content (AvgIpc) is 2.69. The second kappa shape index (κ2) is 4.05. The number of nitrogens with two attached hydrogens (primary N) is 1. The zero-order valence-corrected chi connectivity index (χ0v) is 8.38. The monoisotopic (exact) mass is 204 g/mol. The number of nitrogens with one attached hydrogen (secondary N) is 1. The lowest BCUT2D eigenvalue weighted by Crippen LogP contribution is -2.12. The van der Waals surface area contributed by atoms with Gasteiger partial charge in [-0.15, -0.1) is 0 Å². The molecule has 0 saturated heterocycles. The van der Waals surface area contributed by atoms with Crippen molar-refractivity contribution < 1.29 is 0 Å². The van der Waals surface area contributed by atoms with Gasteiger partial charge in [-0.25, -0.2) is 20.8 Å². The summed E-state index contributed by atoms with van der Waals surface area (Å²) >= 11 is 0. The molecular weight excluding hydrogens is 192 g/mol. The SMILES string of the molecule is Cc1cc(NN)nc(Cn2ccnc2)n1. The summed E-state index contributed by atoms with van der Waals surface area (Å²) in [5, 5.41) is 0. The molecule has 2 rings (SSSR count). The van der Waals surface area contributed by atoms with Gasteiger partial charge in [-0.05, 0) is 6.92 Å². The Balaban J connectivity index is 2.24. The molecule has 0 atom stereocenters. The maximum atomic E-state index is 5.30. The molecule has 0 spiro atoms. The third-order valence-electron chi connectivity index (χ3n) is 1.93. The summed E-state index contributed by atoms with van der Waals surface area (Å²) < 4.78 is 1.90. The van der Waals surface area contributed by atoms with E-state index >= 15 is 0 Å². The zero-order valence-electron chi connectivity index (χ0n) is 8.38. The van der Waals surface area contributed by atoms with Crippen molar-refractivity contribution >= 4 is 5.82 Å². The molecule has 0 bridgehead atoms. The molecule has 2 heterocycles. The Labute approximate surface area is 87.2 Å². The molecule has 0 radical (unpaired) electrons. The van der Waals surface area contributed by atoms with Crippen LogP contribution in [0.1, 0.15) is 11.5 Å². The summed E-state index contributed by atoms with van der Waals surface area (Å²) in [6.07, 6.45) is 5.31. The Morgan fingerprint density at radius 1 is 1.47 bits per heavy atom. The summed E-state index contributed by atoms with van der Waals surface area (Å²) in [6, 6.07) is 1.79. The molecule has 0 aliphatic heterocycles. The fourth-order valence-electron chi connectivity index (χ4n) is 1.32. The molecule has 0 unspecified atom stereocenters. The number of imidazole rings is 1. The summed E-state index contributed by atoms with van der Waals surface area (Å²) in [5.74, 6) is 6.63. The van der Waals surface area contributed by atoms with Crippen LogP contribution < -0.4 is 11.3 Å². The highest BCUT2D eigenvalue weighted by molar-refractivity contribution is 5.33. The lowest BCUT2D eigenvalue weighted by molar-refractivity contribution is 0.739. The molecule has 2 aromatic heterocycles. The van der Waals surface area contributed by atoms with Gasteiger partial charge in [-0.1, -0.05) is 0 Å². The van der Waals surface area contributed by atoms with Crippen molar-refractivity contribution in [2.75, 3.05) is 5.43 Å². The molecule has 15 heavy (non-hydrogen) atoms. The largest absolute Gasteiger partial charge is 0.330 e. The third kappa shape index (κ3) is 2.29. The lowest BCUT2D eigenvalue weighted by atomic mass is 10.4. The van der Waals surface area contributed by atoms with Crippen LogP contribution in [0, 0.1) is 6.92 Å². The number of rotatable bonds is 3. The van der Waals surface area contributed by atoms with E-state index in [1.807, 2.05) is 17.7 Å². The van der Waals surface area contributed by atoms with Crippen molar-refractivity contribution in [2.45, 2.75) is 13.5 Å². The van der Waals surface area contributed by atoms with Gasteiger partial charge in [0, 0.05) is 24.2 Å². The van der Waals surface area contributed by atoms with Crippen molar-refractivity contribution in [1.29, 1.82) is 0 Å². The predicted octanol–water partition coefficient (Wildman–Crippen LogP) is 0.315. The minimum Gasteiger partial charge on any atom is -0.330 e. The van der Waals surface area contributed by atoms with Gasteiger partial charge in [0.05, 0.1) is 12.9 Å². The maximum Gasteiger partial charge on any atom is 0.150 e. The molecular formula is C9H12N6. The molecule has 2 aromatic rings. The van der Waals surface area contributed by atoms with Gasteiger partial charge in [0.1, 0.15) is 5.82 Å². The Bertz CT molecular complexity index is 436. The summed E-state index contributed by atoms with van der Waals surface area (Å²) in [5.41, 5.74) is 3.39. The first-order valence-corrected chi connectivity index (χ1v) is 4.55. The van der Waals surface area contributed by atoms with Gasteiger partial charge in [0.15, 0.2) is 5.82 Å². The zero-order chi connectivity index (χ0) is 10.7. The standard InChI is InChI=1S/C9H12N6/c1-7-4-8(14-10)13-9(12-7)5-15-3-2-11-6-15/h2-4,6H,5,10H2,1H3,(H,12,13,14). The highest BCUT2D eigenvalue weighted by Gasteiger charge is 2.01. The van der Waals surface area contributed by atoms with Gasteiger partial charge in [-0.2, -0.15) is 0 Å². The normalized spacial score (nSPS) is 10.3. The average molecular weight is 204 g/mol. The van der Waals surface area contributed by atoms with Gasteiger partial charge in [0.2, 0.25) is 0 Å². The summed E-state index contributed by atoms with van der Waals surface area (Å²) in [7, 11) is 0. The van der Waals surface area contributed by atoms with Gasteiger partial charge >= 0.3 is 0 Å². The number of nitrogens with zero attached hydrogens (tertiary/aromatic N) is 4. The highest BCUT2D eigenvalue weighted by Crippen LogP contribution is 2.05. The van der Waals surface area contributed by atoms with E-state index in [2.05, 4.69) is 20.4 Å². The first-order chi connectivity index (χ1) is 7.28. The fraction of sp³-hybridized carbons (Fsp3) is 0.222. The van der Waals surface area contributed by atoms with Crippen LogP contribution in [0.15, 0.2) is 24.8 Å². The van der Waals surface area contributed by atoms with Crippen LogP contribution >= 0.6 is 0 Å². The topological polar surface area (TPSA) is 81.6 Å². The number of aryl methyl sites for hydroxylation is 1. The molecule has 0 fully saturated rings. The van der Waals surface area contributed by atoms with Crippen LogP contribution in [-0.4, -0.2) is 19.5 Å². The van der Waals surface area contributed by atoms with E-state index < -0.39 is 0 Å². The Morgan fingerprint density at radius 2 is 2.33 bits per heavy atom. The molecule has 3 N–H and O–H groups in total. The van der Waals surface area contributed by atoms with Crippen LogP contribution in [0.3, 0.4) is 0 Å². The lowest BCUT2D eigenvalue weighted by Gasteiger charge is -2.05. The predicted molar refractivity (Wildman–Crippen MR) is 55.9 cm³/mol. The third-order valence-corrected chi connectivity index (χ3v) is 1.93. The number of hydrazine groups is 1. The number of nitrogen functional groups attached to an aromatic ring is 1. The molecule has 0 amide bonds. The van der Waals surface area contributed by atoms with Gasteiger partial charge in [0.25, 0.3) is 0 Å². The number of anilines is 1. The number of aromatic nitrogens is 4. The minimum atomic E-state index is 0.594. The van der Waals surface area contributed by atoms with E-state index in [1.54, 1.807) is 18.6 Å². The first kappa shape index (κ1) is 9.60. The number of hydrogen-bond acceptors (Lipinski definition) is 5. The van der Waals surface area contributed by atoms with Crippen LogP contribution in [0.2, 0.25) is 0 Å². The van der Waals surface area contributed by atoms with Crippen LogP contribution in [0.5, 0.6) is 0 Å². The van der Waals surface area contributed by atoms with Gasteiger partial charge < -0.3 is 9.99 Å². The summed E-state index contributed by atoms with van der Waals surface area (Å²) in [4.78, 5) is 12.5. The van der Waals surface area contributed by atoms with Crippen molar-refractivity contribution in [3.63, 3.8) is 0 Å². The van der Waals surface area contributed by atoms with Crippen LogP contribution in [0.25, 0.3) is 0 Å². The quantitative estimate of drug-likeness (QED) is 0.555. The fourth-order valence-corrected chi connectivity index (χ4v) is 1.32. The van der Waals surface area contributed by atoms with E-state index in [1.165, 1.54) is 0 Å². The number of hydrogen-bond donors (Lipinski definition) is 2. The van der Waals surface area contributed by atoms with E-state index in [0.717, 1.165) is 5.69 Å². The van der Waals surface area contributed by atoms with Crippen molar-refractivity contribution in [3.8, 4) is 0 Å². The van der Waals surface area contributed by atoms with Crippen LogP contribution in [0.4, 0.5) is 5.82 Å². The molecule has 0 aromatic carbocycles. The van der Waals surface area contributed by atoms with Gasteiger partial charge in [-0.3, -0.25) is 0 Å². The molecule has 6 heteroatoms. The second-order valence-corrected chi connectivity index (χ2v) is 3.19. The molecule has 0 aliphatic rings. The summed E-state index contributed by atoms with van der Waals surface area (Å²) in [6.45, 7) is 2.50. The highest BCUT2D eigenvalue weighted by atomic mass is 15.3. The van der Waals surface area contributed by atoms with Crippen LogP contribution in [-0.2, 0) is 6.54 Å². The van der Waals surface area contributed by atoms with E-state index in [-0.39, 0.29) is 0 Å². The molecule has 78 valence electrons. The minimum absolute atomic E-state index is 0.594. The Morgan fingerprint density at radius 3 is 3.00 bits per heavy atom. The molecule has 0 saturated carbocycles. The van der Waals surface area contributed by atoms with E-state index in [4.69, 9.17) is 5.84 Å². The van der Waals surface area contributed by atoms with E-state index in [9.17, 15) is 0 Å². The Kier molecular flexibility index (Phi) is 2.59. The van der Waals surface area contributed by atoms with Crippen molar-refractivity contribution in [2.24, 2.45) is 5.84 Å². The van der Waals surface area contributed by atoms with Crippen molar-refractivity contribution in [1.82, 2.24) is 19.5 Å².